The number of carbonyl (C=O) groups excluding carboxylic acids is 1. The second kappa shape index (κ2) is 6.24. The molecule has 100 valence electrons. The second-order valence-corrected chi connectivity index (χ2v) is 4.74. The van der Waals surface area contributed by atoms with Crippen molar-refractivity contribution in [1.82, 2.24) is 0 Å². The molecule has 0 aliphatic carbocycles. The van der Waals surface area contributed by atoms with Crippen LogP contribution >= 0.6 is 11.3 Å². The normalized spacial score (nSPS) is 10.0. The molecule has 5 heteroatoms. The highest BCUT2D eigenvalue weighted by Crippen LogP contribution is 2.25. The Labute approximate surface area is 116 Å². The van der Waals surface area contributed by atoms with E-state index in [9.17, 15) is 4.79 Å². The minimum Gasteiger partial charge on any atom is -0.497 e. The molecule has 0 radical (unpaired) electrons. The van der Waals surface area contributed by atoms with Crippen LogP contribution in [0.2, 0.25) is 0 Å². The van der Waals surface area contributed by atoms with E-state index in [-0.39, 0.29) is 5.91 Å². The number of methoxy groups -OCH3 is 2. The third-order valence-corrected chi connectivity index (χ3v) is 3.31. The molecule has 1 N–H and O–H groups in total. The lowest BCUT2D eigenvalue weighted by atomic mass is 10.2. The smallest absolute Gasteiger partial charge is 0.228 e. The first-order chi connectivity index (χ1) is 9.21. The van der Waals surface area contributed by atoms with Gasteiger partial charge >= 0.3 is 0 Å². The largest absolute Gasteiger partial charge is 0.497 e. The summed E-state index contributed by atoms with van der Waals surface area (Å²) in [6.45, 7) is 0. The van der Waals surface area contributed by atoms with Crippen LogP contribution in [0.1, 0.15) is 5.56 Å². The van der Waals surface area contributed by atoms with Crippen molar-refractivity contribution in [2.24, 2.45) is 0 Å². The van der Waals surface area contributed by atoms with Gasteiger partial charge < -0.3 is 14.8 Å². The van der Waals surface area contributed by atoms with Crippen molar-refractivity contribution < 1.29 is 14.3 Å². The highest BCUT2D eigenvalue weighted by atomic mass is 32.1. The van der Waals surface area contributed by atoms with Gasteiger partial charge in [0.05, 0.1) is 20.6 Å². The lowest BCUT2D eigenvalue weighted by Gasteiger charge is -2.09. The maximum absolute atomic E-state index is 11.9. The zero-order valence-electron chi connectivity index (χ0n) is 10.8. The Balaban J connectivity index is 2.07. The third kappa shape index (κ3) is 3.72. The van der Waals surface area contributed by atoms with Crippen LogP contribution in [0.5, 0.6) is 11.5 Å². The summed E-state index contributed by atoms with van der Waals surface area (Å²) in [4.78, 5) is 11.9. The predicted molar refractivity (Wildman–Crippen MR) is 76.2 cm³/mol. The van der Waals surface area contributed by atoms with Crippen LogP contribution in [0.3, 0.4) is 0 Å². The molecule has 1 heterocycles. The van der Waals surface area contributed by atoms with Gasteiger partial charge in [-0.2, -0.15) is 11.3 Å². The zero-order chi connectivity index (χ0) is 13.7. The lowest BCUT2D eigenvalue weighted by Crippen LogP contribution is -2.14. The van der Waals surface area contributed by atoms with Crippen LogP contribution in [0.4, 0.5) is 5.69 Å². The van der Waals surface area contributed by atoms with E-state index in [1.807, 2.05) is 16.8 Å². The number of hydrogen-bond acceptors (Lipinski definition) is 4. The Morgan fingerprint density at radius 2 is 1.89 bits per heavy atom. The summed E-state index contributed by atoms with van der Waals surface area (Å²) in [5.74, 6) is 1.23. The number of nitrogens with one attached hydrogen (secondary N) is 1. The predicted octanol–water partition coefficient (Wildman–Crippen LogP) is 2.95. The number of anilines is 1. The fourth-order valence-corrected chi connectivity index (χ4v) is 2.33. The second-order valence-electron chi connectivity index (χ2n) is 3.96. The van der Waals surface area contributed by atoms with Crippen LogP contribution in [-0.4, -0.2) is 20.1 Å². The number of carbonyl (C=O) groups is 1. The van der Waals surface area contributed by atoms with Crippen molar-refractivity contribution in [1.29, 1.82) is 0 Å². The molecule has 1 aromatic heterocycles. The summed E-state index contributed by atoms with van der Waals surface area (Å²) in [5, 5.41) is 6.75. The number of hydrogen-bond donors (Lipinski definition) is 1. The van der Waals surface area contributed by atoms with Crippen LogP contribution in [0.15, 0.2) is 35.0 Å². The molecule has 2 rings (SSSR count). The molecule has 19 heavy (non-hydrogen) atoms. The van der Waals surface area contributed by atoms with Crippen molar-refractivity contribution in [3.63, 3.8) is 0 Å². The molecular formula is C14H15NO3S. The van der Waals surface area contributed by atoms with E-state index in [1.165, 1.54) is 0 Å². The van der Waals surface area contributed by atoms with E-state index in [0.717, 1.165) is 5.56 Å². The summed E-state index contributed by atoms with van der Waals surface area (Å²) in [6, 6.07) is 7.22. The Bertz CT molecular complexity index is 530. The molecule has 0 aliphatic heterocycles. The summed E-state index contributed by atoms with van der Waals surface area (Å²) in [6.07, 6.45) is 0.364. The molecule has 0 atom stereocenters. The molecule has 0 spiro atoms. The summed E-state index contributed by atoms with van der Waals surface area (Å²) in [7, 11) is 3.15. The fourth-order valence-electron chi connectivity index (χ4n) is 1.66. The standard InChI is InChI=1S/C14H15NO3S/c1-17-12-6-11(7-13(8-12)18-2)15-14(16)5-10-3-4-19-9-10/h3-4,6-9H,5H2,1-2H3,(H,15,16). The van der Waals surface area contributed by atoms with Gasteiger partial charge in [-0.15, -0.1) is 0 Å². The molecule has 0 bridgehead atoms. The van der Waals surface area contributed by atoms with Gasteiger partial charge in [0, 0.05) is 23.9 Å². The zero-order valence-corrected chi connectivity index (χ0v) is 11.6. The first-order valence-corrected chi connectivity index (χ1v) is 6.69. The number of benzene rings is 1. The number of ether oxygens (including phenoxy) is 2. The van der Waals surface area contributed by atoms with E-state index in [0.29, 0.717) is 23.6 Å². The molecule has 0 aliphatic rings. The minimum absolute atomic E-state index is 0.0614. The maximum Gasteiger partial charge on any atom is 0.228 e. The minimum atomic E-state index is -0.0614. The first kappa shape index (κ1) is 13.4. The van der Waals surface area contributed by atoms with Crippen molar-refractivity contribution in [2.45, 2.75) is 6.42 Å². The molecule has 4 nitrogen and oxygen atoms in total. The van der Waals surface area contributed by atoms with Crippen molar-refractivity contribution in [2.75, 3.05) is 19.5 Å². The van der Waals surface area contributed by atoms with Crippen molar-refractivity contribution in [3.8, 4) is 11.5 Å². The number of rotatable bonds is 5. The monoisotopic (exact) mass is 277 g/mol. The Hall–Kier alpha value is -2.01. The van der Waals surface area contributed by atoms with Gasteiger partial charge in [0.1, 0.15) is 11.5 Å². The van der Waals surface area contributed by atoms with Gasteiger partial charge in [-0.1, -0.05) is 0 Å². The molecular weight excluding hydrogens is 262 g/mol. The average Bonchev–Trinajstić information content (AvgIpc) is 2.90. The van der Waals surface area contributed by atoms with Gasteiger partial charge in [0.15, 0.2) is 0 Å². The average molecular weight is 277 g/mol. The fraction of sp³-hybridized carbons (Fsp3) is 0.214. The summed E-state index contributed by atoms with van der Waals surface area (Å²) < 4.78 is 10.3. The van der Waals surface area contributed by atoms with Gasteiger partial charge in [0.25, 0.3) is 0 Å². The van der Waals surface area contributed by atoms with E-state index in [1.54, 1.807) is 43.8 Å². The van der Waals surface area contributed by atoms with Crippen molar-refractivity contribution in [3.05, 3.63) is 40.6 Å². The van der Waals surface area contributed by atoms with Crippen LogP contribution in [-0.2, 0) is 11.2 Å². The van der Waals surface area contributed by atoms with Gasteiger partial charge in [-0.25, -0.2) is 0 Å². The molecule has 2 aromatic rings. The van der Waals surface area contributed by atoms with Gasteiger partial charge in [0.2, 0.25) is 5.91 Å². The van der Waals surface area contributed by atoms with Crippen LogP contribution in [0.25, 0.3) is 0 Å². The molecule has 0 saturated carbocycles. The highest BCUT2D eigenvalue weighted by molar-refractivity contribution is 7.08. The van der Waals surface area contributed by atoms with E-state index < -0.39 is 0 Å². The van der Waals surface area contributed by atoms with E-state index >= 15 is 0 Å². The molecule has 1 aromatic carbocycles. The van der Waals surface area contributed by atoms with E-state index in [4.69, 9.17) is 9.47 Å². The van der Waals surface area contributed by atoms with Crippen molar-refractivity contribution >= 4 is 22.9 Å². The maximum atomic E-state index is 11.9. The SMILES string of the molecule is COc1cc(NC(=O)Cc2ccsc2)cc(OC)c1. The lowest BCUT2D eigenvalue weighted by molar-refractivity contribution is -0.115. The van der Waals surface area contributed by atoms with E-state index in [2.05, 4.69) is 5.32 Å². The Morgan fingerprint density at radius 1 is 1.21 bits per heavy atom. The molecule has 0 saturated heterocycles. The van der Waals surface area contributed by atoms with Gasteiger partial charge in [-0.05, 0) is 22.4 Å². The number of thiophene rings is 1. The quantitative estimate of drug-likeness (QED) is 0.914. The number of amides is 1. The topological polar surface area (TPSA) is 47.6 Å². The summed E-state index contributed by atoms with van der Waals surface area (Å²) >= 11 is 1.58. The molecule has 1 amide bonds. The molecule has 0 unspecified atom stereocenters. The highest BCUT2D eigenvalue weighted by Gasteiger charge is 2.07. The molecule has 0 fully saturated rings. The van der Waals surface area contributed by atoms with Gasteiger partial charge in [-0.3, -0.25) is 4.79 Å². The summed E-state index contributed by atoms with van der Waals surface area (Å²) in [5.41, 5.74) is 1.67. The Morgan fingerprint density at radius 3 is 2.42 bits per heavy atom. The Kier molecular flexibility index (Phi) is 4.41. The van der Waals surface area contributed by atoms with Crippen LogP contribution < -0.4 is 14.8 Å². The van der Waals surface area contributed by atoms with Crippen LogP contribution in [0, 0.1) is 0 Å². The first-order valence-electron chi connectivity index (χ1n) is 5.75. The third-order valence-electron chi connectivity index (χ3n) is 2.58.